The van der Waals surface area contributed by atoms with Crippen molar-refractivity contribution in [3.05, 3.63) is 35.4 Å². The average molecular weight is 247 g/mol. The van der Waals surface area contributed by atoms with E-state index in [0.29, 0.717) is 18.2 Å². The number of hydrogen-bond donors (Lipinski definition) is 1. The Hall–Kier alpha value is -0.860. The van der Waals surface area contributed by atoms with E-state index in [1.807, 2.05) is 7.11 Å². The van der Waals surface area contributed by atoms with Crippen molar-refractivity contribution in [3.63, 3.8) is 0 Å². The molecule has 18 heavy (non-hydrogen) atoms. The molecular formula is C16H25NO. The van der Waals surface area contributed by atoms with Gasteiger partial charge < -0.3 is 10.1 Å². The van der Waals surface area contributed by atoms with E-state index in [9.17, 15) is 0 Å². The zero-order valence-electron chi connectivity index (χ0n) is 11.8. The number of benzene rings is 1. The number of hydrogen-bond acceptors (Lipinski definition) is 2. The molecule has 0 aliphatic heterocycles. The third-order valence-corrected chi connectivity index (χ3v) is 3.90. The summed E-state index contributed by atoms with van der Waals surface area (Å²) in [5.74, 6) is 0. The van der Waals surface area contributed by atoms with E-state index < -0.39 is 0 Å². The number of aryl methyl sites for hydroxylation is 2. The molecule has 1 atom stereocenters. The molecule has 1 N–H and O–H groups in total. The molecule has 1 unspecified atom stereocenters. The second-order valence-electron chi connectivity index (χ2n) is 5.62. The Morgan fingerprint density at radius 1 is 1.39 bits per heavy atom. The van der Waals surface area contributed by atoms with Crippen LogP contribution in [0.4, 0.5) is 0 Å². The van der Waals surface area contributed by atoms with Gasteiger partial charge in [-0.15, -0.1) is 0 Å². The third-order valence-electron chi connectivity index (χ3n) is 3.90. The summed E-state index contributed by atoms with van der Waals surface area (Å²) in [4.78, 5) is 0. The van der Waals surface area contributed by atoms with E-state index in [1.54, 1.807) is 0 Å². The molecule has 0 radical (unpaired) electrons. The Labute approximate surface area is 111 Å². The molecule has 0 amide bonds. The monoisotopic (exact) mass is 247 g/mol. The number of rotatable bonds is 6. The van der Waals surface area contributed by atoms with E-state index in [-0.39, 0.29) is 0 Å². The predicted molar refractivity (Wildman–Crippen MR) is 75.9 cm³/mol. The molecule has 1 aliphatic rings. The second kappa shape index (κ2) is 6.35. The van der Waals surface area contributed by atoms with Gasteiger partial charge in [-0.2, -0.15) is 0 Å². The van der Waals surface area contributed by atoms with Crippen LogP contribution < -0.4 is 5.32 Å². The quantitative estimate of drug-likeness (QED) is 0.834. The van der Waals surface area contributed by atoms with Gasteiger partial charge in [0.1, 0.15) is 0 Å². The van der Waals surface area contributed by atoms with Gasteiger partial charge >= 0.3 is 0 Å². The van der Waals surface area contributed by atoms with Crippen LogP contribution in [0.1, 0.15) is 37.3 Å². The lowest BCUT2D eigenvalue weighted by molar-refractivity contribution is 0.0145. The Morgan fingerprint density at radius 2 is 2.17 bits per heavy atom. The van der Waals surface area contributed by atoms with Crippen LogP contribution in [0.5, 0.6) is 0 Å². The van der Waals surface area contributed by atoms with Crippen LogP contribution in [0.25, 0.3) is 0 Å². The van der Waals surface area contributed by atoms with E-state index in [4.69, 9.17) is 4.74 Å². The zero-order chi connectivity index (χ0) is 13.0. The standard InChI is InChI=1S/C16H25NO/c1-12-5-4-6-14(9-12)8-7-13(2)17-15-10-16(11-15)18-3/h4-6,9,13,15-17H,7-8,10-11H2,1-3H3. The molecule has 1 fully saturated rings. The molecule has 1 aromatic carbocycles. The van der Waals surface area contributed by atoms with Gasteiger partial charge in [-0.1, -0.05) is 29.8 Å². The highest BCUT2D eigenvalue weighted by Gasteiger charge is 2.29. The minimum atomic E-state index is 0.492. The minimum Gasteiger partial charge on any atom is -0.381 e. The maximum absolute atomic E-state index is 5.30. The third kappa shape index (κ3) is 3.82. The predicted octanol–water partition coefficient (Wildman–Crippen LogP) is 3.08. The summed E-state index contributed by atoms with van der Waals surface area (Å²) < 4.78 is 5.30. The van der Waals surface area contributed by atoms with Crippen molar-refractivity contribution in [3.8, 4) is 0 Å². The first-order valence-corrected chi connectivity index (χ1v) is 7.01. The van der Waals surface area contributed by atoms with E-state index in [1.165, 1.54) is 30.4 Å². The van der Waals surface area contributed by atoms with Gasteiger partial charge in [0, 0.05) is 19.2 Å². The van der Waals surface area contributed by atoms with Crippen molar-refractivity contribution in [1.29, 1.82) is 0 Å². The lowest BCUT2D eigenvalue weighted by atomic mass is 9.88. The molecule has 2 rings (SSSR count). The topological polar surface area (TPSA) is 21.3 Å². The first-order chi connectivity index (χ1) is 8.67. The molecular weight excluding hydrogens is 222 g/mol. The first-order valence-electron chi connectivity index (χ1n) is 7.01. The first kappa shape index (κ1) is 13.6. The van der Waals surface area contributed by atoms with Crippen LogP contribution in [0.2, 0.25) is 0 Å². The summed E-state index contributed by atoms with van der Waals surface area (Å²) in [5.41, 5.74) is 2.81. The van der Waals surface area contributed by atoms with Crippen LogP contribution in [-0.2, 0) is 11.2 Å². The Balaban J connectivity index is 1.67. The van der Waals surface area contributed by atoms with Gasteiger partial charge in [0.05, 0.1) is 6.10 Å². The van der Waals surface area contributed by atoms with Crippen molar-refractivity contribution in [1.82, 2.24) is 5.32 Å². The maximum Gasteiger partial charge on any atom is 0.0601 e. The second-order valence-corrected chi connectivity index (χ2v) is 5.62. The van der Waals surface area contributed by atoms with Crippen LogP contribution in [0.3, 0.4) is 0 Å². The molecule has 0 bridgehead atoms. The lowest BCUT2D eigenvalue weighted by Gasteiger charge is -2.36. The molecule has 100 valence electrons. The largest absolute Gasteiger partial charge is 0.381 e. The summed E-state index contributed by atoms with van der Waals surface area (Å²) in [6.07, 6.45) is 5.20. The summed E-state index contributed by atoms with van der Waals surface area (Å²) in [5, 5.41) is 3.69. The maximum atomic E-state index is 5.30. The highest BCUT2D eigenvalue weighted by Crippen LogP contribution is 2.23. The SMILES string of the molecule is COC1CC(NC(C)CCc2cccc(C)c2)C1. The molecule has 2 heteroatoms. The molecule has 2 nitrogen and oxygen atoms in total. The molecule has 0 aromatic heterocycles. The fourth-order valence-electron chi connectivity index (χ4n) is 2.63. The highest BCUT2D eigenvalue weighted by atomic mass is 16.5. The van der Waals surface area contributed by atoms with Crippen molar-refractivity contribution in [2.45, 2.75) is 57.7 Å². The summed E-state index contributed by atoms with van der Waals surface area (Å²) >= 11 is 0. The van der Waals surface area contributed by atoms with Crippen molar-refractivity contribution in [2.75, 3.05) is 7.11 Å². The van der Waals surface area contributed by atoms with Gasteiger partial charge in [0.2, 0.25) is 0 Å². The fourth-order valence-corrected chi connectivity index (χ4v) is 2.63. The number of methoxy groups -OCH3 is 1. The lowest BCUT2D eigenvalue weighted by Crippen LogP contribution is -2.48. The molecule has 0 heterocycles. The van der Waals surface area contributed by atoms with E-state index in [0.717, 1.165) is 6.42 Å². The van der Waals surface area contributed by atoms with Crippen LogP contribution in [0, 0.1) is 6.92 Å². The molecule has 1 aliphatic carbocycles. The summed E-state index contributed by atoms with van der Waals surface area (Å²) in [6.45, 7) is 4.44. The van der Waals surface area contributed by atoms with Crippen molar-refractivity contribution in [2.24, 2.45) is 0 Å². The molecule has 0 saturated heterocycles. The van der Waals surface area contributed by atoms with E-state index >= 15 is 0 Å². The Kier molecular flexibility index (Phi) is 4.79. The fraction of sp³-hybridized carbons (Fsp3) is 0.625. The Bertz CT molecular complexity index is 371. The zero-order valence-corrected chi connectivity index (χ0v) is 11.8. The highest BCUT2D eigenvalue weighted by molar-refractivity contribution is 5.22. The Morgan fingerprint density at radius 3 is 2.83 bits per heavy atom. The van der Waals surface area contributed by atoms with Gasteiger partial charge in [-0.25, -0.2) is 0 Å². The van der Waals surface area contributed by atoms with Gasteiger partial charge in [0.25, 0.3) is 0 Å². The van der Waals surface area contributed by atoms with E-state index in [2.05, 4.69) is 43.4 Å². The van der Waals surface area contributed by atoms with Crippen LogP contribution >= 0.6 is 0 Å². The minimum absolute atomic E-state index is 0.492. The molecule has 0 spiro atoms. The van der Waals surface area contributed by atoms with Gasteiger partial charge in [0.15, 0.2) is 0 Å². The summed E-state index contributed by atoms with van der Waals surface area (Å²) in [7, 11) is 1.81. The number of nitrogens with one attached hydrogen (secondary N) is 1. The smallest absolute Gasteiger partial charge is 0.0601 e. The molecule has 1 aromatic rings. The average Bonchev–Trinajstić information content (AvgIpc) is 2.31. The van der Waals surface area contributed by atoms with Crippen molar-refractivity contribution >= 4 is 0 Å². The van der Waals surface area contributed by atoms with Crippen LogP contribution in [0.15, 0.2) is 24.3 Å². The normalized spacial score (nSPS) is 24.6. The van der Waals surface area contributed by atoms with Crippen LogP contribution in [-0.4, -0.2) is 25.3 Å². The molecule has 1 saturated carbocycles. The summed E-state index contributed by atoms with van der Waals surface area (Å²) in [6, 6.07) is 10.1. The van der Waals surface area contributed by atoms with Gasteiger partial charge in [-0.05, 0) is 45.1 Å². The van der Waals surface area contributed by atoms with Crippen molar-refractivity contribution < 1.29 is 4.74 Å². The number of ether oxygens (including phenoxy) is 1. The van der Waals surface area contributed by atoms with Gasteiger partial charge in [-0.3, -0.25) is 0 Å².